The number of hydrogen-bond acceptors (Lipinski definition) is 6. The number of amides is 1. The molecule has 136 valence electrons. The summed E-state index contributed by atoms with van der Waals surface area (Å²) in [6.07, 6.45) is 6.02. The van der Waals surface area contributed by atoms with Gasteiger partial charge in [-0.3, -0.25) is 4.79 Å². The predicted molar refractivity (Wildman–Crippen MR) is 92.3 cm³/mol. The molecule has 26 heavy (non-hydrogen) atoms. The molecule has 1 spiro atoms. The van der Waals surface area contributed by atoms with Crippen molar-refractivity contribution in [2.45, 2.75) is 18.4 Å². The Morgan fingerprint density at radius 3 is 2.73 bits per heavy atom. The third kappa shape index (κ3) is 3.24. The van der Waals surface area contributed by atoms with Crippen LogP contribution >= 0.6 is 0 Å². The Bertz CT molecular complexity index is 780. The maximum absolute atomic E-state index is 14.1. The van der Waals surface area contributed by atoms with Crippen molar-refractivity contribution in [2.24, 2.45) is 0 Å². The molecule has 4 rings (SSSR count). The molecule has 2 aliphatic rings. The minimum Gasteiger partial charge on any atom is -0.371 e. The second-order valence-corrected chi connectivity index (χ2v) is 6.69. The van der Waals surface area contributed by atoms with Gasteiger partial charge in [0.15, 0.2) is 11.6 Å². The van der Waals surface area contributed by atoms with Gasteiger partial charge in [0.25, 0.3) is 5.91 Å². The van der Waals surface area contributed by atoms with Crippen LogP contribution in [0.4, 0.5) is 10.2 Å². The normalized spacial score (nSPS) is 19.6. The fourth-order valence-corrected chi connectivity index (χ4v) is 3.66. The number of carbonyl (C=O) groups excluding carboxylic acids is 1. The lowest BCUT2D eigenvalue weighted by molar-refractivity contribution is -0.0871. The molecule has 0 atom stereocenters. The second-order valence-electron chi connectivity index (χ2n) is 6.69. The van der Waals surface area contributed by atoms with Crippen molar-refractivity contribution in [2.75, 3.05) is 37.7 Å². The third-order valence-electron chi connectivity index (χ3n) is 5.08. The van der Waals surface area contributed by atoms with E-state index in [2.05, 4.69) is 15.2 Å². The molecule has 2 fully saturated rings. The van der Waals surface area contributed by atoms with E-state index >= 15 is 0 Å². The van der Waals surface area contributed by atoms with Gasteiger partial charge >= 0.3 is 0 Å². The summed E-state index contributed by atoms with van der Waals surface area (Å²) in [5.74, 6) is 0.0112. The van der Waals surface area contributed by atoms with Gasteiger partial charge in [-0.05, 0) is 31.0 Å². The summed E-state index contributed by atoms with van der Waals surface area (Å²) in [5.41, 5.74) is 0.174. The smallest absolute Gasteiger partial charge is 0.255 e. The van der Waals surface area contributed by atoms with Gasteiger partial charge in [-0.2, -0.15) is 10.2 Å². The number of halogens is 1. The Balaban J connectivity index is 1.43. The first-order valence-corrected chi connectivity index (χ1v) is 8.72. The van der Waals surface area contributed by atoms with Crippen LogP contribution in [0.3, 0.4) is 0 Å². The molecule has 0 aliphatic carbocycles. The first-order valence-electron chi connectivity index (χ1n) is 8.72. The number of likely N-dealkylation sites (tertiary alicyclic amines) is 1. The summed E-state index contributed by atoms with van der Waals surface area (Å²) in [7, 11) is 0. The fourth-order valence-electron chi connectivity index (χ4n) is 3.66. The molecule has 4 heterocycles. The fraction of sp³-hybridized carbons (Fsp3) is 0.444. The van der Waals surface area contributed by atoms with Crippen molar-refractivity contribution in [3.63, 3.8) is 0 Å². The van der Waals surface area contributed by atoms with Crippen molar-refractivity contribution >= 4 is 11.7 Å². The number of anilines is 1. The first kappa shape index (κ1) is 16.8. The number of morpholine rings is 1. The quantitative estimate of drug-likeness (QED) is 0.812. The lowest BCUT2D eigenvalue weighted by Gasteiger charge is -2.47. The van der Waals surface area contributed by atoms with Crippen molar-refractivity contribution in [3.05, 3.63) is 48.2 Å². The Morgan fingerprint density at radius 1 is 1.15 bits per heavy atom. The van der Waals surface area contributed by atoms with Crippen molar-refractivity contribution < 1.29 is 13.9 Å². The van der Waals surface area contributed by atoms with E-state index < -0.39 is 0 Å². The highest BCUT2D eigenvalue weighted by molar-refractivity contribution is 5.93. The van der Waals surface area contributed by atoms with Crippen LogP contribution in [-0.2, 0) is 4.74 Å². The molecule has 2 aromatic rings. The number of pyridine rings is 1. The van der Waals surface area contributed by atoms with Crippen molar-refractivity contribution in [3.8, 4) is 0 Å². The second kappa shape index (κ2) is 6.95. The molecular weight excluding hydrogens is 337 g/mol. The Kier molecular flexibility index (Phi) is 4.50. The lowest BCUT2D eigenvalue weighted by Crippen LogP contribution is -2.58. The average molecular weight is 357 g/mol. The van der Waals surface area contributed by atoms with E-state index in [1.54, 1.807) is 18.3 Å². The molecule has 0 aromatic carbocycles. The molecule has 2 aromatic heterocycles. The highest BCUT2D eigenvalue weighted by Crippen LogP contribution is 2.32. The van der Waals surface area contributed by atoms with Gasteiger partial charge in [0.05, 0.1) is 30.2 Å². The number of piperidine rings is 1. The van der Waals surface area contributed by atoms with Crippen LogP contribution in [0.25, 0.3) is 0 Å². The van der Waals surface area contributed by atoms with Gasteiger partial charge in [0, 0.05) is 32.4 Å². The van der Waals surface area contributed by atoms with E-state index in [0.29, 0.717) is 57.0 Å². The van der Waals surface area contributed by atoms with Gasteiger partial charge in [-0.15, -0.1) is 0 Å². The van der Waals surface area contributed by atoms with Crippen LogP contribution in [0, 0.1) is 5.82 Å². The molecule has 1 amide bonds. The van der Waals surface area contributed by atoms with Crippen LogP contribution in [0.1, 0.15) is 23.2 Å². The van der Waals surface area contributed by atoms with Crippen LogP contribution in [0.2, 0.25) is 0 Å². The van der Waals surface area contributed by atoms with Crippen molar-refractivity contribution in [1.29, 1.82) is 0 Å². The number of hydrogen-bond donors (Lipinski definition) is 0. The van der Waals surface area contributed by atoms with Gasteiger partial charge in [-0.1, -0.05) is 0 Å². The molecule has 0 unspecified atom stereocenters. The van der Waals surface area contributed by atoms with Gasteiger partial charge in [0.1, 0.15) is 0 Å². The van der Waals surface area contributed by atoms with E-state index in [-0.39, 0.29) is 17.3 Å². The third-order valence-corrected chi connectivity index (χ3v) is 5.08. The molecular formula is C18H20FN5O2. The maximum atomic E-state index is 14.1. The Labute approximate surface area is 150 Å². The van der Waals surface area contributed by atoms with Gasteiger partial charge < -0.3 is 14.5 Å². The topological polar surface area (TPSA) is 71.5 Å². The summed E-state index contributed by atoms with van der Waals surface area (Å²) in [6, 6.07) is 4.68. The standard InChI is InChI=1S/C18H20FN5O2/c19-15-2-1-6-20-16(15)24-10-11-26-18(13-24)4-8-23(9-5-18)17(25)14-3-7-21-22-12-14/h1-3,6-7,12H,4-5,8-11,13H2. The van der Waals surface area contributed by atoms with Gasteiger partial charge in [-0.25, -0.2) is 9.37 Å². The number of aromatic nitrogens is 3. The van der Waals surface area contributed by atoms with E-state index in [4.69, 9.17) is 4.74 Å². The predicted octanol–water partition coefficient (Wildman–Crippen LogP) is 1.52. The maximum Gasteiger partial charge on any atom is 0.255 e. The zero-order valence-corrected chi connectivity index (χ0v) is 14.3. The van der Waals surface area contributed by atoms with Crippen LogP contribution < -0.4 is 4.90 Å². The SMILES string of the molecule is O=C(c1ccnnc1)N1CCC2(CC1)CN(c1ncccc1F)CCO2. The van der Waals surface area contributed by atoms with Crippen LogP contribution in [0.5, 0.6) is 0 Å². The van der Waals surface area contributed by atoms with Crippen LogP contribution in [-0.4, -0.2) is 64.4 Å². The first-order chi connectivity index (χ1) is 12.7. The molecule has 7 nitrogen and oxygen atoms in total. The monoisotopic (exact) mass is 357 g/mol. The average Bonchev–Trinajstić information content (AvgIpc) is 2.69. The summed E-state index contributed by atoms with van der Waals surface area (Å²) >= 11 is 0. The summed E-state index contributed by atoms with van der Waals surface area (Å²) < 4.78 is 20.2. The van der Waals surface area contributed by atoms with E-state index in [1.807, 2.05) is 9.80 Å². The minimum absolute atomic E-state index is 0.0433. The number of rotatable bonds is 2. The van der Waals surface area contributed by atoms with Gasteiger partial charge in [0.2, 0.25) is 0 Å². The molecule has 2 saturated heterocycles. The Hall–Kier alpha value is -2.61. The number of nitrogens with zero attached hydrogens (tertiary/aromatic N) is 5. The highest BCUT2D eigenvalue weighted by atomic mass is 19.1. The lowest BCUT2D eigenvalue weighted by atomic mass is 9.89. The molecule has 8 heteroatoms. The minimum atomic E-state index is -0.366. The summed E-state index contributed by atoms with van der Waals surface area (Å²) in [5, 5.41) is 7.47. The highest BCUT2D eigenvalue weighted by Gasteiger charge is 2.41. The van der Waals surface area contributed by atoms with E-state index in [1.165, 1.54) is 18.5 Å². The molecule has 0 bridgehead atoms. The van der Waals surface area contributed by atoms with E-state index in [9.17, 15) is 9.18 Å². The summed E-state index contributed by atoms with van der Waals surface area (Å²) in [4.78, 5) is 20.5. The molecule has 0 saturated carbocycles. The van der Waals surface area contributed by atoms with Crippen molar-refractivity contribution in [1.82, 2.24) is 20.1 Å². The zero-order chi connectivity index (χ0) is 18.0. The number of carbonyl (C=O) groups is 1. The molecule has 0 radical (unpaired) electrons. The number of ether oxygens (including phenoxy) is 1. The van der Waals surface area contributed by atoms with E-state index in [0.717, 1.165) is 0 Å². The molecule has 2 aliphatic heterocycles. The summed E-state index contributed by atoms with van der Waals surface area (Å²) in [6.45, 7) is 2.92. The Morgan fingerprint density at radius 2 is 2.00 bits per heavy atom. The zero-order valence-electron chi connectivity index (χ0n) is 14.3. The molecule has 0 N–H and O–H groups in total. The largest absolute Gasteiger partial charge is 0.371 e. The van der Waals surface area contributed by atoms with Crippen LogP contribution in [0.15, 0.2) is 36.8 Å².